The van der Waals surface area contributed by atoms with Crippen LogP contribution in [0.25, 0.3) is 0 Å². The minimum Gasteiger partial charge on any atom is -0.360 e. The molecule has 1 atom stereocenters. The van der Waals surface area contributed by atoms with Crippen LogP contribution < -0.4 is 0 Å². The highest BCUT2D eigenvalue weighted by Gasteiger charge is 2.32. The van der Waals surface area contributed by atoms with E-state index in [2.05, 4.69) is 5.16 Å². The van der Waals surface area contributed by atoms with Gasteiger partial charge in [0.05, 0.1) is 4.90 Å². The molecule has 0 aliphatic rings. The molecular formula is C15H20N2O5S2. The highest BCUT2D eigenvalue weighted by atomic mass is 32.2. The molecule has 1 heterocycles. The first-order valence-corrected chi connectivity index (χ1v) is 10.5. The quantitative estimate of drug-likeness (QED) is 0.797. The van der Waals surface area contributed by atoms with E-state index in [1.54, 1.807) is 32.9 Å². The molecule has 9 heteroatoms. The van der Waals surface area contributed by atoms with Crippen molar-refractivity contribution in [2.24, 2.45) is 0 Å². The number of aryl methyl sites for hydroxylation is 2. The van der Waals surface area contributed by atoms with Gasteiger partial charge in [0, 0.05) is 19.3 Å². The van der Waals surface area contributed by atoms with E-state index in [-0.39, 0.29) is 15.6 Å². The molecule has 0 amide bonds. The summed E-state index contributed by atoms with van der Waals surface area (Å²) < 4.78 is 54.8. The minimum atomic E-state index is -3.78. The van der Waals surface area contributed by atoms with E-state index in [9.17, 15) is 16.8 Å². The third-order valence-electron chi connectivity index (χ3n) is 3.94. The zero-order chi connectivity index (χ0) is 18.3. The van der Waals surface area contributed by atoms with Crippen molar-refractivity contribution in [2.45, 2.75) is 36.6 Å². The van der Waals surface area contributed by atoms with E-state index in [0.29, 0.717) is 11.3 Å². The first-order valence-electron chi connectivity index (χ1n) is 7.17. The van der Waals surface area contributed by atoms with Gasteiger partial charge in [-0.1, -0.05) is 17.3 Å². The van der Waals surface area contributed by atoms with Crippen LogP contribution in [0.3, 0.4) is 0 Å². The van der Waals surface area contributed by atoms with Crippen molar-refractivity contribution in [1.82, 2.24) is 9.46 Å². The van der Waals surface area contributed by atoms with Crippen LogP contribution in [-0.4, -0.2) is 39.6 Å². The van der Waals surface area contributed by atoms with Gasteiger partial charge in [-0.2, -0.15) is 4.31 Å². The number of hydrogen-bond acceptors (Lipinski definition) is 6. The van der Waals surface area contributed by atoms with E-state index in [0.717, 1.165) is 6.26 Å². The number of aromatic nitrogens is 1. The van der Waals surface area contributed by atoms with Gasteiger partial charge in [0.2, 0.25) is 10.0 Å². The summed E-state index contributed by atoms with van der Waals surface area (Å²) in [4.78, 5) is 0.249. The third kappa shape index (κ3) is 3.38. The lowest BCUT2D eigenvalue weighted by atomic mass is 10.1. The van der Waals surface area contributed by atoms with Crippen molar-refractivity contribution >= 4 is 19.9 Å². The summed E-state index contributed by atoms with van der Waals surface area (Å²) in [5.41, 5.74) is 0.985. The Bertz CT molecular complexity index is 925. The normalized spacial score (nSPS) is 14.1. The monoisotopic (exact) mass is 372 g/mol. The van der Waals surface area contributed by atoms with Gasteiger partial charge in [0.1, 0.15) is 10.6 Å². The van der Waals surface area contributed by atoms with Gasteiger partial charge in [-0.3, -0.25) is 0 Å². The van der Waals surface area contributed by atoms with Crippen molar-refractivity contribution in [3.05, 3.63) is 41.3 Å². The maximum Gasteiger partial charge on any atom is 0.248 e. The topological polar surface area (TPSA) is 97.6 Å². The second kappa shape index (κ2) is 6.30. The molecule has 1 aromatic carbocycles. The zero-order valence-electron chi connectivity index (χ0n) is 14.1. The van der Waals surface area contributed by atoms with Crippen LogP contribution in [0.4, 0.5) is 0 Å². The zero-order valence-corrected chi connectivity index (χ0v) is 15.8. The summed E-state index contributed by atoms with van der Waals surface area (Å²) in [6, 6.07) is 5.67. The van der Waals surface area contributed by atoms with E-state index in [1.807, 2.05) is 0 Å². The van der Waals surface area contributed by atoms with Crippen LogP contribution in [0, 0.1) is 13.8 Å². The van der Waals surface area contributed by atoms with Gasteiger partial charge in [-0.15, -0.1) is 0 Å². The molecule has 0 aliphatic carbocycles. The Hall–Kier alpha value is -1.71. The molecule has 1 aromatic heterocycles. The summed E-state index contributed by atoms with van der Waals surface area (Å²) in [5.74, 6) is 0.235. The first kappa shape index (κ1) is 18.6. The van der Waals surface area contributed by atoms with Crippen LogP contribution >= 0.6 is 0 Å². The first-order chi connectivity index (χ1) is 11.0. The highest BCUT2D eigenvalue weighted by molar-refractivity contribution is 7.90. The molecule has 0 unspecified atom stereocenters. The maximum atomic E-state index is 12.8. The van der Waals surface area contributed by atoms with E-state index >= 15 is 0 Å². The summed E-state index contributed by atoms with van der Waals surface area (Å²) in [7, 11) is -5.61. The summed E-state index contributed by atoms with van der Waals surface area (Å²) in [6.45, 7) is 4.85. The van der Waals surface area contributed by atoms with Crippen LogP contribution in [0.15, 0.2) is 38.6 Å². The van der Waals surface area contributed by atoms with Gasteiger partial charge in [0.25, 0.3) is 0 Å². The smallest absolute Gasteiger partial charge is 0.248 e. The van der Waals surface area contributed by atoms with Crippen LogP contribution in [0.5, 0.6) is 0 Å². The number of benzene rings is 1. The lowest BCUT2D eigenvalue weighted by Gasteiger charge is -2.24. The van der Waals surface area contributed by atoms with Crippen LogP contribution in [-0.2, 0) is 19.9 Å². The molecule has 24 heavy (non-hydrogen) atoms. The third-order valence-corrected chi connectivity index (χ3v) is 7.24. The van der Waals surface area contributed by atoms with Crippen LogP contribution in [0.2, 0.25) is 0 Å². The Kier molecular flexibility index (Phi) is 4.89. The predicted octanol–water partition coefficient (Wildman–Crippen LogP) is 2.08. The number of sulfone groups is 1. The lowest BCUT2D eigenvalue weighted by Crippen LogP contribution is -2.30. The number of nitrogens with zero attached hydrogens (tertiary/aromatic N) is 2. The van der Waals surface area contributed by atoms with Gasteiger partial charge in [0.15, 0.2) is 15.6 Å². The molecule has 0 aliphatic heterocycles. The fourth-order valence-electron chi connectivity index (χ4n) is 2.40. The average molecular weight is 372 g/mol. The second-order valence-corrected chi connectivity index (χ2v) is 9.64. The van der Waals surface area contributed by atoms with E-state index < -0.39 is 25.9 Å². The minimum absolute atomic E-state index is 0.0598. The van der Waals surface area contributed by atoms with E-state index in [4.69, 9.17) is 4.52 Å². The Morgan fingerprint density at radius 2 is 1.62 bits per heavy atom. The Morgan fingerprint density at radius 1 is 1.08 bits per heavy atom. The lowest BCUT2D eigenvalue weighted by molar-refractivity contribution is 0.384. The van der Waals surface area contributed by atoms with Crippen molar-refractivity contribution in [3.8, 4) is 0 Å². The predicted molar refractivity (Wildman–Crippen MR) is 88.9 cm³/mol. The molecule has 2 aromatic rings. The average Bonchev–Trinajstić information content (AvgIpc) is 2.84. The summed E-state index contributed by atoms with van der Waals surface area (Å²) in [5, 5.41) is 3.69. The van der Waals surface area contributed by atoms with Gasteiger partial charge in [-0.25, -0.2) is 16.8 Å². The second-order valence-electron chi connectivity index (χ2n) is 5.69. The fraction of sp³-hybridized carbons (Fsp3) is 0.400. The molecule has 0 N–H and O–H groups in total. The Balaban J connectivity index is 2.37. The molecule has 0 saturated heterocycles. The largest absolute Gasteiger partial charge is 0.360 e. The van der Waals surface area contributed by atoms with Crippen molar-refractivity contribution in [3.63, 3.8) is 0 Å². The molecule has 7 nitrogen and oxygen atoms in total. The number of rotatable bonds is 5. The van der Waals surface area contributed by atoms with Gasteiger partial charge >= 0.3 is 0 Å². The SMILES string of the molecule is Cc1noc(C)c1S(=O)(=O)N(C)[C@H](C)c1ccc(S(C)(=O)=O)cc1. The molecule has 0 fully saturated rings. The standard InChI is InChI=1S/C15H20N2O5S2/c1-10-15(12(3)22-16-10)24(20,21)17(4)11(2)13-6-8-14(9-7-13)23(5,18)19/h6-9,11H,1-5H3/t11-/m1/s1. The fourth-order valence-corrected chi connectivity index (χ4v) is 4.67. The highest BCUT2D eigenvalue weighted by Crippen LogP contribution is 2.29. The molecule has 2 rings (SSSR count). The van der Waals surface area contributed by atoms with Crippen molar-refractivity contribution in [2.75, 3.05) is 13.3 Å². The maximum absolute atomic E-state index is 12.8. The van der Waals surface area contributed by atoms with Crippen molar-refractivity contribution < 1.29 is 21.4 Å². The Morgan fingerprint density at radius 3 is 2.04 bits per heavy atom. The van der Waals surface area contributed by atoms with E-state index in [1.165, 1.54) is 23.5 Å². The summed E-state index contributed by atoms with van der Waals surface area (Å²) in [6.07, 6.45) is 1.12. The number of hydrogen-bond donors (Lipinski definition) is 0. The Labute approximate surface area is 142 Å². The summed E-state index contributed by atoms with van der Waals surface area (Å²) >= 11 is 0. The molecule has 0 radical (unpaired) electrons. The molecule has 132 valence electrons. The van der Waals surface area contributed by atoms with Gasteiger partial charge in [-0.05, 0) is 38.5 Å². The molecule has 0 saturated carbocycles. The number of sulfonamides is 1. The van der Waals surface area contributed by atoms with Crippen molar-refractivity contribution in [1.29, 1.82) is 0 Å². The molecule has 0 spiro atoms. The molecular weight excluding hydrogens is 352 g/mol. The molecule has 0 bridgehead atoms. The van der Waals surface area contributed by atoms with Gasteiger partial charge < -0.3 is 4.52 Å². The van der Waals surface area contributed by atoms with Crippen LogP contribution in [0.1, 0.15) is 30.0 Å².